The van der Waals surface area contributed by atoms with Gasteiger partial charge in [0.15, 0.2) is 4.87 Å². The van der Waals surface area contributed by atoms with Crippen molar-refractivity contribution in [3.05, 3.63) is 35.2 Å². The second-order valence-electron chi connectivity index (χ2n) is 3.00. The van der Waals surface area contributed by atoms with Crippen LogP contribution in [0.25, 0.3) is 0 Å². The van der Waals surface area contributed by atoms with Crippen molar-refractivity contribution in [1.82, 2.24) is 10.5 Å². The lowest BCUT2D eigenvalue weighted by atomic mass is 10.3. The third-order valence-electron chi connectivity index (χ3n) is 1.96. The average Bonchev–Trinajstić information content (AvgIpc) is 2.66. The number of ether oxygens (including phenoxy) is 1. The lowest BCUT2D eigenvalue weighted by Crippen LogP contribution is -2.42. The number of para-hydroxylation sites is 1. The molecular formula is C9H10N3O3+. The number of nitrogens with zero attached hydrogens (tertiary/aromatic N) is 2. The molecule has 1 aromatic rings. The van der Waals surface area contributed by atoms with Crippen LogP contribution in [0.2, 0.25) is 0 Å². The Morgan fingerprint density at radius 3 is 2.67 bits per heavy atom. The minimum absolute atomic E-state index is 0.300. The second kappa shape index (κ2) is 3.95. The fourth-order valence-corrected chi connectivity index (χ4v) is 1.22. The molecule has 0 unspecified atom stereocenters. The maximum absolute atomic E-state index is 11.5. The summed E-state index contributed by atoms with van der Waals surface area (Å²) in [7, 11) is 0. The Balaban J connectivity index is 2.01. The molecule has 2 rings (SSSR count). The van der Waals surface area contributed by atoms with Gasteiger partial charge in [-0.3, -0.25) is 0 Å². The summed E-state index contributed by atoms with van der Waals surface area (Å²) in [5.74, 6) is 0. The minimum Gasteiger partial charge on any atom is -0.446 e. The molecule has 1 N–H and O–H groups in total. The molecule has 0 bridgehead atoms. The topological polar surface area (TPSA) is 61.6 Å². The highest BCUT2D eigenvalue weighted by Crippen LogP contribution is 2.08. The first-order valence-corrected chi connectivity index (χ1v) is 4.50. The van der Waals surface area contributed by atoms with E-state index in [1.807, 2.05) is 6.07 Å². The van der Waals surface area contributed by atoms with E-state index in [0.717, 1.165) is 5.01 Å². The highest BCUT2D eigenvalue weighted by Gasteiger charge is 2.28. The molecule has 6 heteroatoms. The van der Waals surface area contributed by atoms with Gasteiger partial charge in [0.05, 0.1) is 11.5 Å². The monoisotopic (exact) mass is 208 g/mol. The first-order chi connectivity index (χ1) is 7.27. The van der Waals surface area contributed by atoms with Gasteiger partial charge in [-0.05, 0) is 5.53 Å². The van der Waals surface area contributed by atoms with Crippen molar-refractivity contribution in [3.63, 3.8) is 0 Å². The number of carbonyl (C=O) groups is 1. The summed E-state index contributed by atoms with van der Waals surface area (Å²) in [4.78, 5) is 23.0. The molecule has 0 aromatic heterocycles. The van der Waals surface area contributed by atoms with E-state index >= 15 is 0 Å². The first kappa shape index (κ1) is 9.45. The van der Waals surface area contributed by atoms with Crippen LogP contribution in [0.4, 0.5) is 10.5 Å². The quantitative estimate of drug-likeness (QED) is 0.593. The summed E-state index contributed by atoms with van der Waals surface area (Å²) >= 11 is 0. The van der Waals surface area contributed by atoms with Gasteiger partial charge in [-0.25, -0.2) is 4.79 Å². The van der Waals surface area contributed by atoms with Crippen LogP contribution in [-0.4, -0.2) is 29.1 Å². The highest BCUT2D eigenvalue weighted by molar-refractivity contribution is 5.68. The average molecular weight is 208 g/mol. The summed E-state index contributed by atoms with van der Waals surface area (Å²) in [5.41, 5.74) is 2.81. The molecule has 78 valence electrons. The number of rotatable bonds is 3. The van der Waals surface area contributed by atoms with Gasteiger partial charge in [-0.1, -0.05) is 18.2 Å². The number of carbonyl (C=O) groups excluding carboxylic acids is 1. The number of hydrogen-bond donors (Lipinski definition) is 1. The number of nitroso groups, excluding NO2 is 1. The molecule has 1 heterocycles. The predicted molar refractivity (Wildman–Crippen MR) is 50.9 cm³/mol. The van der Waals surface area contributed by atoms with E-state index in [1.165, 1.54) is 0 Å². The van der Waals surface area contributed by atoms with E-state index in [4.69, 9.17) is 0 Å². The predicted octanol–water partition coefficient (Wildman–Crippen LogP) is 0.969. The van der Waals surface area contributed by atoms with Gasteiger partial charge in [-0.15, -0.1) is 0 Å². The molecule has 15 heavy (non-hydrogen) atoms. The zero-order valence-electron chi connectivity index (χ0n) is 7.92. The van der Waals surface area contributed by atoms with E-state index in [1.54, 1.807) is 24.3 Å². The smallest absolute Gasteiger partial charge is 0.433 e. The standard InChI is InChI=1S/C9H10N3O3/c13-9-11(6-7-15-9)10-12(14)8-4-2-1-3-5-8/h1-5H,6-7H2,(H,10,14)/q+1. The van der Waals surface area contributed by atoms with Crippen LogP contribution < -0.4 is 5.53 Å². The fourth-order valence-electron chi connectivity index (χ4n) is 1.22. The van der Waals surface area contributed by atoms with Gasteiger partial charge in [-0.2, -0.15) is 5.01 Å². The van der Waals surface area contributed by atoms with Crippen LogP contribution in [0, 0.1) is 4.91 Å². The Kier molecular flexibility index (Phi) is 2.49. The Hall–Kier alpha value is -2.11. The summed E-state index contributed by atoms with van der Waals surface area (Å²) < 4.78 is 4.66. The van der Waals surface area contributed by atoms with E-state index < -0.39 is 6.09 Å². The summed E-state index contributed by atoms with van der Waals surface area (Å²) in [6, 6.07) is 8.57. The minimum atomic E-state index is -0.535. The summed E-state index contributed by atoms with van der Waals surface area (Å²) in [5, 5.41) is 1.12. The Bertz CT molecular complexity index is 379. The molecule has 1 aromatic carbocycles. The number of benzene rings is 1. The van der Waals surface area contributed by atoms with Crippen molar-refractivity contribution in [1.29, 1.82) is 0 Å². The molecule has 0 saturated carbocycles. The first-order valence-electron chi connectivity index (χ1n) is 4.50. The SMILES string of the molecule is O=C1OCCN1N[N+](=O)c1ccccc1. The van der Waals surface area contributed by atoms with E-state index in [0.29, 0.717) is 23.7 Å². The van der Waals surface area contributed by atoms with Gasteiger partial charge >= 0.3 is 6.09 Å². The third kappa shape index (κ3) is 2.04. The molecule has 6 nitrogen and oxygen atoms in total. The van der Waals surface area contributed by atoms with E-state index in [2.05, 4.69) is 10.3 Å². The normalized spacial score (nSPS) is 14.9. The van der Waals surface area contributed by atoms with Crippen molar-refractivity contribution < 1.29 is 14.4 Å². The summed E-state index contributed by atoms with van der Waals surface area (Å²) in [6.45, 7) is 0.666. The van der Waals surface area contributed by atoms with Crippen LogP contribution in [0.5, 0.6) is 0 Å². The van der Waals surface area contributed by atoms with Crippen molar-refractivity contribution in [3.8, 4) is 0 Å². The Morgan fingerprint density at radius 2 is 2.07 bits per heavy atom. The van der Waals surface area contributed by atoms with Crippen molar-refractivity contribution in [2.24, 2.45) is 0 Å². The molecule has 0 spiro atoms. The van der Waals surface area contributed by atoms with Crippen molar-refractivity contribution >= 4 is 11.8 Å². The van der Waals surface area contributed by atoms with Crippen LogP contribution in [0.1, 0.15) is 0 Å². The molecule has 0 atom stereocenters. The summed E-state index contributed by atoms with van der Waals surface area (Å²) in [6.07, 6.45) is -0.535. The Morgan fingerprint density at radius 1 is 1.33 bits per heavy atom. The van der Waals surface area contributed by atoms with Gasteiger partial charge in [0, 0.05) is 12.1 Å². The molecule has 0 radical (unpaired) electrons. The van der Waals surface area contributed by atoms with Crippen molar-refractivity contribution in [2.75, 3.05) is 13.2 Å². The largest absolute Gasteiger partial charge is 0.446 e. The molecule has 1 saturated heterocycles. The van der Waals surface area contributed by atoms with Crippen LogP contribution >= 0.6 is 0 Å². The number of nitrogens with one attached hydrogen (secondary N) is 1. The molecule has 1 fully saturated rings. The number of hydrazine groups is 2. The van der Waals surface area contributed by atoms with Gasteiger partial charge in [0.25, 0.3) is 5.69 Å². The van der Waals surface area contributed by atoms with E-state index in [9.17, 15) is 9.70 Å². The maximum Gasteiger partial charge on any atom is 0.433 e. The number of amides is 1. The third-order valence-corrected chi connectivity index (χ3v) is 1.96. The lowest BCUT2D eigenvalue weighted by molar-refractivity contribution is -0.557. The molecule has 1 aliphatic rings. The molecule has 1 amide bonds. The van der Waals surface area contributed by atoms with E-state index in [-0.39, 0.29) is 0 Å². The van der Waals surface area contributed by atoms with Crippen LogP contribution in [0.3, 0.4) is 0 Å². The highest BCUT2D eigenvalue weighted by atomic mass is 16.6. The maximum atomic E-state index is 11.5. The van der Waals surface area contributed by atoms with Gasteiger partial charge in [0.1, 0.15) is 6.61 Å². The fraction of sp³-hybridized carbons (Fsp3) is 0.222. The molecular weight excluding hydrogens is 198 g/mol. The number of hydrogen-bond acceptors (Lipinski definition) is 3. The van der Waals surface area contributed by atoms with Crippen molar-refractivity contribution in [2.45, 2.75) is 0 Å². The van der Waals surface area contributed by atoms with Gasteiger partial charge in [0.2, 0.25) is 0 Å². The Labute approximate surface area is 86.0 Å². The number of cyclic esters (lactones) is 1. The lowest BCUT2D eigenvalue weighted by Gasteiger charge is -2.06. The molecule has 0 aliphatic carbocycles. The zero-order valence-corrected chi connectivity index (χ0v) is 7.92. The second-order valence-corrected chi connectivity index (χ2v) is 3.00. The van der Waals surface area contributed by atoms with Crippen LogP contribution in [-0.2, 0) is 4.74 Å². The van der Waals surface area contributed by atoms with Crippen LogP contribution in [0.15, 0.2) is 30.3 Å². The zero-order chi connectivity index (χ0) is 10.7. The molecule has 1 aliphatic heterocycles. The van der Waals surface area contributed by atoms with Gasteiger partial charge < -0.3 is 4.74 Å².